The number of rotatable bonds is 3. The highest BCUT2D eigenvalue weighted by molar-refractivity contribution is 5.99. The third-order valence-electron chi connectivity index (χ3n) is 2.19. The van der Waals surface area contributed by atoms with Gasteiger partial charge in [0, 0.05) is 6.20 Å². The van der Waals surface area contributed by atoms with Gasteiger partial charge in [0.15, 0.2) is 5.84 Å². The van der Waals surface area contributed by atoms with E-state index in [9.17, 15) is 4.39 Å². The molecule has 1 aromatic heterocycles. The van der Waals surface area contributed by atoms with Gasteiger partial charge in [-0.15, -0.1) is 0 Å². The molecule has 0 bridgehead atoms. The second-order valence-electron chi connectivity index (χ2n) is 3.42. The van der Waals surface area contributed by atoms with Gasteiger partial charge in [0.05, 0.1) is 11.8 Å². The van der Waals surface area contributed by atoms with Crippen molar-refractivity contribution in [2.75, 3.05) is 0 Å². The molecule has 0 aliphatic carbocycles. The number of hydrogen-bond acceptors (Lipinski definition) is 4. The lowest BCUT2D eigenvalue weighted by molar-refractivity contribution is 0.318. The van der Waals surface area contributed by atoms with E-state index in [0.717, 1.165) is 6.07 Å². The van der Waals surface area contributed by atoms with Crippen molar-refractivity contribution in [3.8, 4) is 11.5 Å². The van der Waals surface area contributed by atoms with E-state index >= 15 is 0 Å². The molecule has 5 nitrogen and oxygen atoms in total. The summed E-state index contributed by atoms with van der Waals surface area (Å²) < 4.78 is 18.6. The second kappa shape index (κ2) is 5.13. The molecule has 0 atom stereocenters. The highest BCUT2D eigenvalue weighted by Crippen LogP contribution is 2.25. The molecule has 1 aromatic carbocycles. The lowest BCUT2D eigenvalue weighted by Crippen LogP contribution is -2.14. The first-order valence-electron chi connectivity index (χ1n) is 5.06. The van der Waals surface area contributed by atoms with Crippen molar-refractivity contribution >= 4 is 5.84 Å². The van der Waals surface area contributed by atoms with Gasteiger partial charge >= 0.3 is 0 Å². The molecule has 0 aliphatic rings. The second-order valence-corrected chi connectivity index (χ2v) is 3.42. The van der Waals surface area contributed by atoms with Crippen LogP contribution in [0.5, 0.6) is 11.5 Å². The molecular formula is C12H10FN3O2. The van der Waals surface area contributed by atoms with Gasteiger partial charge in [-0.3, -0.25) is 4.98 Å². The molecule has 0 radical (unpaired) electrons. The van der Waals surface area contributed by atoms with Crippen LogP contribution in [0.25, 0.3) is 0 Å². The van der Waals surface area contributed by atoms with Crippen LogP contribution >= 0.6 is 0 Å². The lowest BCUT2D eigenvalue weighted by atomic mass is 10.2. The lowest BCUT2D eigenvalue weighted by Gasteiger charge is -2.09. The van der Waals surface area contributed by atoms with E-state index in [-0.39, 0.29) is 17.1 Å². The van der Waals surface area contributed by atoms with Gasteiger partial charge in [-0.25, -0.2) is 4.39 Å². The summed E-state index contributed by atoms with van der Waals surface area (Å²) >= 11 is 0. The maximum atomic E-state index is 13.1. The van der Waals surface area contributed by atoms with Crippen molar-refractivity contribution in [2.45, 2.75) is 0 Å². The van der Waals surface area contributed by atoms with Crippen LogP contribution in [0.3, 0.4) is 0 Å². The first-order valence-corrected chi connectivity index (χ1v) is 5.06. The largest absolute Gasteiger partial charge is 0.455 e. The molecule has 92 valence electrons. The molecule has 0 aliphatic heterocycles. The number of amidine groups is 1. The molecule has 0 unspecified atom stereocenters. The maximum Gasteiger partial charge on any atom is 0.173 e. The molecule has 3 N–H and O–H groups in total. The summed E-state index contributed by atoms with van der Waals surface area (Å²) in [7, 11) is 0. The number of pyridine rings is 1. The fourth-order valence-corrected chi connectivity index (χ4v) is 1.38. The molecule has 1 heterocycles. The van der Waals surface area contributed by atoms with Crippen molar-refractivity contribution in [2.24, 2.45) is 10.9 Å². The zero-order chi connectivity index (χ0) is 13.0. The first kappa shape index (κ1) is 11.8. The molecular weight excluding hydrogens is 237 g/mol. The number of nitrogens with two attached hydrogens (primary N) is 1. The smallest absolute Gasteiger partial charge is 0.173 e. The van der Waals surface area contributed by atoms with Crippen LogP contribution in [-0.4, -0.2) is 16.0 Å². The predicted octanol–water partition coefficient (Wildman–Crippen LogP) is 2.11. The van der Waals surface area contributed by atoms with E-state index < -0.39 is 5.82 Å². The zero-order valence-electron chi connectivity index (χ0n) is 9.25. The van der Waals surface area contributed by atoms with Crippen LogP contribution < -0.4 is 10.5 Å². The molecule has 0 amide bonds. The van der Waals surface area contributed by atoms with Crippen LogP contribution in [0, 0.1) is 5.82 Å². The average Bonchev–Trinajstić information content (AvgIpc) is 2.41. The van der Waals surface area contributed by atoms with Gasteiger partial charge < -0.3 is 15.7 Å². The SMILES string of the molecule is NC(=NO)c1cc(F)ccc1Oc1cccnc1. The zero-order valence-corrected chi connectivity index (χ0v) is 9.25. The van der Waals surface area contributed by atoms with Gasteiger partial charge in [0.1, 0.15) is 17.3 Å². The maximum absolute atomic E-state index is 13.1. The van der Waals surface area contributed by atoms with Crippen LogP contribution in [0.2, 0.25) is 0 Å². The summed E-state index contributed by atoms with van der Waals surface area (Å²) in [4.78, 5) is 3.88. The Balaban J connectivity index is 2.39. The van der Waals surface area contributed by atoms with E-state index in [1.54, 1.807) is 18.3 Å². The van der Waals surface area contributed by atoms with E-state index in [1.807, 2.05) is 0 Å². The fraction of sp³-hybridized carbons (Fsp3) is 0. The Morgan fingerprint density at radius 2 is 2.22 bits per heavy atom. The Kier molecular flexibility index (Phi) is 3.38. The van der Waals surface area contributed by atoms with Gasteiger partial charge in [-0.2, -0.15) is 0 Å². The summed E-state index contributed by atoms with van der Waals surface area (Å²) in [6.45, 7) is 0. The molecule has 2 rings (SSSR count). The summed E-state index contributed by atoms with van der Waals surface area (Å²) in [5.74, 6) is 0.0133. The van der Waals surface area contributed by atoms with E-state index in [1.165, 1.54) is 18.3 Å². The van der Waals surface area contributed by atoms with Crippen LogP contribution in [0.4, 0.5) is 4.39 Å². The molecule has 6 heteroatoms. The Morgan fingerprint density at radius 3 is 2.89 bits per heavy atom. The molecule has 0 saturated heterocycles. The van der Waals surface area contributed by atoms with Crippen LogP contribution in [0.1, 0.15) is 5.56 Å². The minimum atomic E-state index is -0.505. The number of halogens is 1. The van der Waals surface area contributed by atoms with Crippen LogP contribution in [0.15, 0.2) is 47.9 Å². The van der Waals surface area contributed by atoms with Crippen molar-refractivity contribution in [3.63, 3.8) is 0 Å². The van der Waals surface area contributed by atoms with E-state index in [2.05, 4.69) is 10.1 Å². The Labute approximate surface area is 102 Å². The number of aromatic nitrogens is 1. The predicted molar refractivity (Wildman–Crippen MR) is 63.2 cm³/mol. The molecule has 0 spiro atoms. The van der Waals surface area contributed by atoms with Gasteiger partial charge in [-0.1, -0.05) is 5.16 Å². The monoisotopic (exact) mass is 247 g/mol. The fourth-order valence-electron chi connectivity index (χ4n) is 1.38. The Hall–Kier alpha value is -2.63. The molecule has 0 saturated carbocycles. The van der Waals surface area contributed by atoms with Crippen molar-refractivity contribution < 1.29 is 14.3 Å². The standard InChI is InChI=1S/C12H10FN3O2/c13-8-3-4-11(10(6-8)12(14)16-17)18-9-2-1-5-15-7-9/h1-7,17H,(H2,14,16). The Morgan fingerprint density at radius 1 is 1.39 bits per heavy atom. The highest BCUT2D eigenvalue weighted by atomic mass is 19.1. The Bertz CT molecular complexity index is 573. The number of nitrogens with zero attached hydrogens (tertiary/aromatic N) is 2. The van der Waals surface area contributed by atoms with Crippen molar-refractivity contribution in [1.29, 1.82) is 0 Å². The van der Waals surface area contributed by atoms with Crippen molar-refractivity contribution in [1.82, 2.24) is 4.98 Å². The van der Waals surface area contributed by atoms with Crippen molar-refractivity contribution in [3.05, 3.63) is 54.1 Å². The summed E-state index contributed by atoms with van der Waals surface area (Å²) in [5.41, 5.74) is 5.62. The van der Waals surface area contributed by atoms with Crippen LogP contribution in [-0.2, 0) is 0 Å². The van der Waals surface area contributed by atoms with Gasteiger partial charge in [-0.05, 0) is 30.3 Å². The average molecular weight is 247 g/mol. The highest BCUT2D eigenvalue weighted by Gasteiger charge is 2.10. The molecule has 18 heavy (non-hydrogen) atoms. The van der Waals surface area contributed by atoms with E-state index in [0.29, 0.717) is 5.75 Å². The molecule has 0 fully saturated rings. The van der Waals surface area contributed by atoms with E-state index in [4.69, 9.17) is 15.7 Å². The number of ether oxygens (including phenoxy) is 1. The summed E-state index contributed by atoms with van der Waals surface area (Å²) in [6.07, 6.45) is 3.10. The third-order valence-corrected chi connectivity index (χ3v) is 2.19. The number of benzene rings is 1. The third kappa shape index (κ3) is 2.54. The quantitative estimate of drug-likeness (QED) is 0.376. The van der Waals surface area contributed by atoms with Gasteiger partial charge in [0.2, 0.25) is 0 Å². The topological polar surface area (TPSA) is 80.7 Å². The minimum absolute atomic E-state index is 0.168. The summed E-state index contributed by atoms with van der Waals surface area (Å²) in [6, 6.07) is 7.13. The number of hydrogen-bond donors (Lipinski definition) is 2. The first-order chi connectivity index (χ1) is 8.70. The minimum Gasteiger partial charge on any atom is -0.455 e. The molecule has 2 aromatic rings. The normalized spacial score (nSPS) is 11.3. The summed E-state index contributed by atoms with van der Waals surface area (Å²) in [5, 5.41) is 11.5. The number of oxime groups is 1. The van der Waals surface area contributed by atoms with Gasteiger partial charge in [0.25, 0.3) is 0 Å².